The Labute approximate surface area is 198 Å². The number of aromatic amines is 1. The number of nitrogens with one attached hydrogen (secondary N) is 2. The smallest absolute Gasteiger partial charge is 0.129 e. The fourth-order valence-electron chi connectivity index (χ4n) is 5.43. The highest BCUT2D eigenvalue weighted by Gasteiger charge is 2.22. The summed E-state index contributed by atoms with van der Waals surface area (Å²) in [5.41, 5.74) is 6.52. The third kappa shape index (κ3) is 4.79. The Balaban J connectivity index is 1.36. The first kappa shape index (κ1) is 22.4. The van der Waals surface area contributed by atoms with Gasteiger partial charge in [-0.15, -0.1) is 0 Å². The van der Waals surface area contributed by atoms with Crippen molar-refractivity contribution in [1.29, 1.82) is 0 Å². The molecule has 33 heavy (non-hydrogen) atoms. The minimum absolute atomic E-state index is 0.669. The highest BCUT2D eigenvalue weighted by molar-refractivity contribution is 5.91. The van der Waals surface area contributed by atoms with Crippen molar-refractivity contribution in [3.8, 4) is 11.3 Å². The van der Waals surface area contributed by atoms with E-state index in [-0.39, 0.29) is 0 Å². The molecule has 0 saturated carbocycles. The Bertz CT molecular complexity index is 1070. The Morgan fingerprint density at radius 2 is 1.82 bits per heavy atom. The van der Waals surface area contributed by atoms with Gasteiger partial charge in [-0.25, -0.2) is 4.98 Å². The molecule has 0 bridgehead atoms. The van der Waals surface area contributed by atoms with E-state index in [0.717, 1.165) is 45.1 Å². The second-order valence-corrected chi connectivity index (χ2v) is 9.84. The number of hydrogen-bond donors (Lipinski definition) is 2. The summed E-state index contributed by atoms with van der Waals surface area (Å²) in [6, 6.07) is 11.5. The zero-order chi connectivity index (χ0) is 22.8. The topological polar surface area (TPSA) is 50.4 Å². The molecule has 1 aromatic carbocycles. The largest absolute Gasteiger partial charge is 0.354 e. The molecule has 0 atom stereocenters. The number of hydrogen-bond acceptors (Lipinski definition) is 5. The minimum Gasteiger partial charge on any atom is -0.354 e. The van der Waals surface area contributed by atoms with E-state index >= 15 is 0 Å². The fourth-order valence-corrected chi connectivity index (χ4v) is 5.43. The summed E-state index contributed by atoms with van der Waals surface area (Å²) in [5.74, 6) is 1.76. The van der Waals surface area contributed by atoms with E-state index in [1.165, 1.54) is 59.2 Å². The highest BCUT2D eigenvalue weighted by Crippen LogP contribution is 2.35. The van der Waals surface area contributed by atoms with Crippen LogP contribution in [0.2, 0.25) is 0 Å². The van der Waals surface area contributed by atoms with Gasteiger partial charge in [0, 0.05) is 67.6 Å². The van der Waals surface area contributed by atoms with Crippen molar-refractivity contribution in [2.45, 2.75) is 25.7 Å². The summed E-state index contributed by atoms with van der Waals surface area (Å²) in [7, 11) is 4.23. The molecule has 2 saturated heterocycles. The standard InChI is InChI=1S/C27H38N6/c1-20-24-18-22(21-7-11-32(12-8-21)13-10-28-2)4-5-25(24)30-27(20)23-6-9-29-26(19-23)33-16-14-31(3)15-17-33/h4-6,9,18-19,21,28,30H,7-8,10-17H2,1-3H3. The lowest BCUT2D eigenvalue weighted by atomic mass is 9.88. The van der Waals surface area contributed by atoms with E-state index in [1.54, 1.807) is 0 Å². The van der Waals surface area contributed by atoms with Crippen molar-refractivity contribution in [2.75, 3.05) is 71.4 Å². The van der Waals surface area contributed by atoms with Crippen LogP contribution in [0.1, 0.15) is 29.9 Å². The van der Waals surface area contributed by atoms with Gasteiger partial charge >= 0.3 is 0 Å². The maximum absolute atomic E-state index is 4.68. The number of H-pyrrole nitrogens is 1. The van der Waals surface area contributed by atoms with Crippen LogP contribution in [0.3, 0.4) is 0 Å². The SMILES string of the molecule is CNCCN1CCC(c2ccc3[nH]c(-c4ccnc(N5CCN(C)CC5)c4)c(C)c3c2)CC1. The van der Waals surface area contributed by atoms with Crippen LogP contribution in [0.4, 0.5) is 5.82 Å². The number of likely N-dealkylation sites (tertiary alicyclic amines) is 1. The molecule has 3 aromatic rings. The van der Waals surface area contributed by atoms with Crippen LogP contribution in [0.25, 0.3) is 22.2 Å². The molecule has 2 aliphatic heterocycles. The van der Waals surface area contributed by atoms with Gasteiger partial charge in [0.2, 0.25) is 0 Å². The molecular weight excluding hydrogens is 408 g/mol. The molecule has 0 amide bonds. The van der Waals surface area contributed by atoms with Crippen LogP contribution in [0.15, 0.2) is 36.5 Å². The van der Waals surface area contributed by atoms with E-state index < -0.39 is 0 Å². The van der Waals surface area contributed by atoms with Gasteiger partial charge < -0.3 is 25.0 Å². The monoisotopic (exact) mass is 446 g/mol. The van der Waals surface area contributed by atoms with E-state index in [2.05, 4.69) is 74.3 Å². The van der Waals surface area contributed by atoms with E-state index in [9.17, 15) is 0 Å². The number of likely N-dealkylation sites (N-methyl/N-ethyl adjacent to an activating group) is 2. The number of anilines is 1. The molecular formula is C27H38N6. The number of piperazine rings is 1. The molecule has 0 radical (unpaired) electrons. The highest BCUT2D eigenvalue weighted by atomic mass is 15.3. The fraction of sp³-hybridized carbons (Fsp3) is 0.519. The quantitative estimate of drug-likeness (QED) is 0.605. The van der Waals surface area contributed by atoms with Gasteiger partial charge in [-0.3, -0.25) is 0 Å². The summed E-state index contributed by atoms with van der Waals surface area (Å²) in [6.45, 7) is 11.2. The Kier molecular flexibility index (Phi) is 6.67. The number of pyridine rings is 1. The van der Waals surface area contributed by atoms with Crippen LogP contribution in [-0.4, -0.2) is 86.2 Å². The van der Waals surface area contributed by atoms with Crippen molar-refractivity contribution >= 4 is 16.7 Å². The van der Waals surface area contributed by atoms with Crippen LogP contribution >= 0.6 is 0 Å². The van der Waals surface area contributed by atoms with Gasteiger partial charge in [-0.05, 0) is 88.3 Å². The van der Waals surface area contributed by atoms with Crippen LogP contribution in [0, 0.1) is 6.92 Å². The maximum atomic E-state index is 4.68. The molecule has 176 valence electrons. The van der Waals surface area contributed by atoms with Gasteiger partial charge in [-0.1, -0.05) is 6.07 Å². The van der Waals surface area contributed by atoms with Gasteiger partial charge in [0.15, 0.2) is 0 Å². The zero-order valence-electron chi connectivity index (χ0n) is 20.4. The molecule has 0 unspecified atom stereocenters. The number of aromatic nitrogens is 2. The molecule has 5 rings (SSSR count). The molecule has 6 nitrogen and oxygen atoms in total. The molecule has 2 aliphatic rings. The molecule has 2 aromatic heterocycles. The third-order valence-corrected chi connectivity index (χ3v) is 7.68. The third-order valence-electron chi connectivity index (χ3n) is 7.68. The lowest BCUT2D eigenvalue weighted by molar-refractivity contribution is 0.214. The average Bonchev–Trinajstić information content (AvgIpc) is 3.19. The van der Waals surface area contributed by atoms with E-state index in [4.69, 9.17) is 0 Å². The predicted octanol–water partition coefficient (Wildman–Crippen LogP) is 3.69. The lowest BCUT2D eigenvalue weighted by Crippen LogP contribution is -2.44. The zero-order valence-corrected chi connectivity index (χ0v) is 20.4. The van der Waals surface area contributed by atoms with Crippen molar-refractivity contribution in [2.24, 2.45) is 0 Å². The first-order chi connectivity index (χ1) is 16.1. The number of fused-ring (bicyclic) bond motifs is 1. The van der Waals surface area contributed by atoms with E-state index in [1.807, 2.05) is 13.2 Å². The van der Waals surface area contributed by atoms with Crippen LogP contribution in [0.5, 0.6) is 0 Å². The summed E-state index contributed by atoms with van der Waals surface area (Å²) in [4.78, 5) is 15.8. The first-order valence-corrected chi connectivity index (χ1v) is 12.5. The Morgan fingerprint density at radius 1 is 1.03 bits per heavy atom. The first-order valence-electron chi connectivity index (χ1n) is 12.5. The number of aryl methyl sites for hydroxylation is 1. The second-order valence-electron chi connectivity index (χ2n) is 9.84. The van der Waals surface area contributed by atoms with Gasteiger partial charge in [0.05, 0.1) is 0 Å². The Hall–Kier alpha value is -2.41. The molecule has 4 heterocycles. The van der Waals surface area contributed by atoms with Gasteiger partial charge in [0.1, 0.15) is 5.82 Å². The maximum Gasteiger partial charge on any atom is 0.129 e. The minimum atomic E-state index is 0.669. The summed E-state index contributed by atoms with van der Waals surface area (Å²) in [6.07, 6.45) is 4.47. The summed E-state index contributed by atoms with van der Waals surface area (Å²) in [5, 5.41) is 4.63. The Morgan fingerprint density at radius 3 is 2.58 bits per heavy atom. The summed E-state index contributed by atoms with van der Waals surface area (Å²) >= 11 is 0. The molecule has 2 fully saturated rings. The molecule has 6 heteroatoms. The lowest BCUT2D eigenvalue weighted by Gasteiger charge is -2.33. The number of piperidine rings is 1. The number of nitrogens with zero attached hydrogens (tertiary/aromatic N) is 4. The summed E-state index contributed by atoms with van der Waals surface area (Å²) < 4.78 is 0. The second kappa shape index (κ2) is 9.84. The molecule has 0 spiro atoms. The van der Waals surface area contributed by atoms with Crippen molar-refractivity contribution in [1.82, 2.24) is 25.1 Å². The van der Waals surface area contributed by atoms with Crippen molar-refractivity contribution < 1.29 is 0 Å². The average molecular weight is 447 g/mol. The van der Waals surface area contributed by atoms with Crippen molar-refractivity contribution in [3.05, 3.63) is 47.7 Å². The number of benzene rings is 1. The van der Waals surface area contributed by atoms with E-state index in [0.29, 0.717) is 5.92 Å². The van der Waals surface area contributed by atoms with Crippen molar-refractivity contribution in [3.63, 3.8) is 0 Å². The molecule has 0 aliphatic carbocycles. The number of rotatable bonds is 6. The van der Waals surface area contributed by atoms with Gasteiger partial charge in [0.25, 0.3) is 0 Å². The normalized spacial score (nSPS) is 18.9. The molecule has 2 N–H and O–H groups in total. The van der Waals surface area contributed by atoms with Crippen LogP contribution < -0.4 is 10.2 Å². The predicted molar refractivity (Wildman–Crippen MR) is 138 cm³/mol. The van der Waals surface area contributed by atoms with Crippen LogP contribution in [-0.2, 0) is 0 Å². The van der Waals surface area contributed by atoms with Gasteiger partial charge in [-0.2, -0.15) is 0 Å².